The van der Waals surface area contributed by atoms with Gasteiger partial charge in [-0.05, 0) is 54.0 Å². The summed E-state index contributed by atoms with van der Waals surface area (Å²) in [6.07, 6.45) is -6.14. The lowest BCUT2D eigenvalue weighted by atomic mass is 9.76. The molecule has 2 aromatic carbocycles. The number of benzene rings is 2. The first kappa shape index (κ1) is 25.7. The maximum Gasteiger partial charge on any atom is 0.416 e. The molecule has 2 aromatic rings. The summed E-state index contributed by atoms with van der Waals surface area (Å²) in [6.45, 7) is 0.110. The molecule has 1 aliphatic heterocycles. The minimum absolute atomic E-state index is 0.00886. The molecule has 1 heterocycles. The fourth-order valence-corrected chi connectivity index (χ4v) is 5.59. The van der Waals surface area contributed by atoms with E-state index in [9.17, 15) is 31.1 Å². The van der Waals surface area contributed by atoms with Gasteiger partial charge in [0.05, 0.1) is 23.2 Å². The molecule has 4 rings (SSSR count). The maximum absolute atomic E-state index is 13.5. The number of hydrogen-bond acceptors (Lipinski definition) is 2. The molecule has 36 heavy (non-hydrogen) atoms. The van der Waals surface area contributed by atoms with Gasteiger partial charge in [0.2, 0.25) is 0 Å². The first-order valence-electron chi connectivity index (χ1n) is 11.3. The highest BCUT2D eigenvalue weighted by molar-refractivity contribution is 5.90. The highest BCUT2D eigenvalue weighted by atomic mass is 19.4. The lowest BCUT2D eigenvalue weighted by molar-refractivity contribution is -0.143. The van der Waals surface area contributed by atoms with Crippen molar-refractivity contribution in [3.8, 4) is 0 Å². The van der Waals surface area contributed by atoms with Gasteiger partial charge in [-0.1, -0.05) is 48.3 Å². The molecule has 2 amide bonds. The summed E-state index contributed by atoms with van der Waals surface area (Å²) in [6, 6.07) is 8.93. The Labute approximate surface area is 202 Å². The molecular formula is C24H23F6N5O. The average molecular weight is 511 g/mol. The van der Waals surface area contributed by atoms with Crippen LogP contribution in [0.5, 0.6) is 0 Å². The number of anilines is 1. The molecule has 0 bridgehead atoms. The topological polar surface area (TPSA) is 81.1 Å². The number of nitrogens with zero attached hydrogens (tertiary/aromatic N) is 4. The van der Waals surface area contributed by atoms with Gasteiger partial charge >= 0.3 is 18.4 Å². The van der Waals surface area contributed by atoms with Crippen molar-refractivity contribution < 1.29 is 31.1 Å². The standard InChI is InChI=1S/C24H23F6N5O/c25-23(26,27)17-10-18(24(28,29)30)12-19(11-17)33-20(36)35-15-21(8-4-5-9-21)13-22(35,14-32-34-31)16-6-2-1-3-7-16/h1-3,6-7,10-12H,4-5,8-9,13-15H2,(H,33,36)/t22-/m1/s1. The molecule has 1 atom stereocenters. The van der Waals surface area contributed by atoms with Gasteiger partial charge in [-0.2, -0.15) is 26.3 Å². The highest BCUT2D eigenvalue weighted by Gasteiger charge is 2.56. The van der Waals surface area contributed by atoms with Crippen LogP contribution in [0.15, 0.2) is 53.6 Å². The van der Waals surface area contributed by atoms with Crippen molar-refractivity contribution in [1.29, 1.82) is 0 Å². The molecule has 2 fully saturated rings. The lowest BCUT2D eigenvalue weighted by Gasteiger charge is -2.38. The summed E-state index contributed by atoms with van der Waals surface area (Å²) in [5, 5.41) is 6.02. The van der Waals surface area contributed by atoms with E-state index in [1.807, 2.05) is 0 Å². The molecular weight excluding hydrogens is 488 g/mol. The molecule has 192 valence electrons. The van der Waals surface area contributed by atoms with E-state index in [1.54, 1.807) is 30.3 Å². The second-order valence-electron chi connectivity index (χ2n) is 9.48. The summed E-state index contributed by atoms with van der Waals surface area (Å²) < 4.78 is 79.9. The van der Waals surface area contributed by atoms with Gasteiger partial charge in [0.1, 0.15) is 0 Å². The zero-order valence-electron chi connectivity index (χ0n) is 19.0. The normalized spacial score (nSPS) is 21.4. The van der Waals surface area contributed by atoms with E-state index >= 15 is 0 Å². The van der Waals surface area contributed by atoms with Gasteiger partial charge in [0.25, 0.3) is 0 Å². The average Bonchev–Trinajstić information content (AvgIpc) is 3.41. The number of hydrogen-bond donors (Lipinski definition) is 1. The van der Waals surface area contributed by atoms with Gasteiger partial charge < -0.3 is 10.2 Å². The van der Waals surface area contributed by atoms with Gasteiger partial charge in [-0.15, -0.1) is 0 Å². The van der Waals surface area contributed by atoms with Crippen LogP contribution in [0, 0.1) is 5.41 Å². The summed E-state index contributed by atoms with van der Waals surface area (Å²) in [7, 11) is 0. The third-order valence-corrected chi connectivity index (χ3v) is 7.13. The van der Waals surface area contributed by atoms with E-state index in [2.05, 4.69) is 15.3 Å². The van der Waals surface area contributed by atoms with Crippen LogP contribution in [0.1, 0.15) is 48.8 Å². The van der Waals surface area contributed by atoms with E-state index in [4.69, 9.17) is 5.53 Å². The van der Waals surface area contributed by atoms with Crippen LogP contribution < -0.4 is 5.32 Å². The van der Waals surface area contributed by atoms with Crippen LogP contribution in [0.3, 0.4) is 0 Å². The van der Waals surface area contributed by atoms with Crippen molar-refractivity contribution in [2.45, 2.75) is 50.0 Å². The molecule has 6 nitrogen and oxygen atoms in total. The third-order valence-electron chi connectivity index (χ3n) is 7.13. The molecule has 1 N–H and O–H groups in total. The van der Waals surface area contributed by atoms with E-state index in [-0.39, 0.29) is 24.6 Å². The number of urea groups is 1. The minimum atomic E-state index is -5.04. The first-order chi connectivity index (χ1) is 16.9. The van der Waals surface area contributed by atoms with Crippen molar-refractivity contribution in [2.75, 3.05) is 18.4 Å². The number of carbonyl (C=O) groups excluding carboxylic acids is 1. The fourth-order valence-electron chi connectivity index (χ4n) is 5.59. The Balaban J connectivity index is 1.77. The van der Waals surface area contributed by atoms with Crippen molar-refractivity contribution >= 4 is 11.7 Å². The lowest BCUT2D eigenvalue weighted by Crippen LogP contribution is -2.49. The van der Waals surface area contributed by atoms with Crippen LogP contribution in [-0.2, 0) is 17.9 Å². The van der Waals surface area contributed by atoms with Crippen LogP contribution in [0.25, 0.3) is 10.4 Å². The highest BCUT2D eigenvalue weighted by Crippen LogP contribution is 2.55. The number of halogens is 6. The predicted molar refractivity (Wildman–Crippen MR) is 120 cm³/mol. The molecule has 1 saturated heterocycles. The number of azide groups is 1. The van der Waals surface area contributed by atoms with E-state index in [0.717, 1.165) is 25.7 Å². The van der Waals surface area contributed by atoms with Crippen molar-refractivity contribution in [3.05, 3.63) is 75.7 Å². The molecule has 0 aromatic heterocycles. The van der Waals surface area contributed by atoms with Crippen LogP contribution >= 0.6 is 0 Å². The Hall–Kier alpha value is -3.40. The largest absolute Gasteiger partial charge is 0.416 e. The Bertz CT molecular complexity index is 1140. The SMILES string of the molecule is [N-]=[N+]=NC[C@@]1(c2ccccc2)CC2(CCCC2)CN1C(=O)Nc1cc(C(F)(F)F)cc(C(F)(F)F)c1. The number of nitrogens with one attached hydrogen (secondary N) is 1. The first-order valence-corrected chi connectivity index (χ1v) is 11.3. The number of carbonyl (C=O) groups is 1. The number of amides is 2. The Morgan fingerprint density at radius 1 is 1.00 bits per heavy atom. The van der Waals surface area contributed by atoms with Gasteiger partial charge in [-0.25, -0.2) is 4.79 Å². The van der Waals surface area contributed by atoms with E-state index < -0.39 is 40.7 Å². The van der Waals surface area contributed by atoms with Gasteiger partial charge in [0.15, 0.2) is 0 Å². The predicted octanol–water partition coefficient (Wildman–Crippen LogP) is 7.73. The summed E-state index contributed by atoms with van der Waals surface area (Å²) in [5.41, 5.74) is 4.66. The molecule has 2 aliphatic rings. The summed E-state index contributed by atoms with van der Waals surface area (Å²) >= 11 is 0. The Morgan fingerprint density at radius 3 is 2.11 bits per heavy atom. The van der Waals surface area contributed by atoms with Crippen molar-refractivity contribution in [3.63, 3.8) is 0 Å². The second-order valence-corrected chi connectivity index (χ2v) is 9.48. The van der Waals surface area contributed by atoms with Crippen LogP contribution in [0.2, 0.25) is 0 Å². The zero-order chi connectivity index (χ0) is 26.2. The molecule has 0 unspecified atom stereocenters. The number of likely N-dealkylation sites (tertiary alicyclic amines) is 1. The molecule has 1 saturated carbocycles. The molecule has 12 heteroatoms. The molecule has 0 radical (unpaired) electrons. The summed E-state index contributed by atoms with van der Waals surface area (Å²) in [4.78, 5) is 17.8. The van der Waals surface area contributed by atoms with E-state index in [0.29, 0.717) is 24.1 Å². The zero-order valence-corrected chi connectivity index (χ0v) is 19.0. The van der Waals surface area contributed by atoms with Crippen LogP contribution in [-0.4, -0.2) is 24.0 Å². The quantitative estimate of drug-likeness (QED) is 0.194. The minimum Gasteiger partial charge on any atom is -0.314 e. The Morgan fingerprint density at radius 2 is 1.58 bits per heavy atom. The smallest absolute Gasteiger partial charge is 0.314 e. The number of rotatable bonds is 4. The number of alkyl halides is 6. The molecule has 1 aliphatic carbocycles. The van der Waals surface area contributed by atoms with Crippen molar-refractivity contribution in [1.82, 2.24) is 4.90 Å². The monoisotopic (exact) mass is 511 g/mol. The van der Waals surface area contributed by atoms with E-state index in [1.165, 1.54) is 4.90 Å². The van der Waals surface area contributed by atoms with Gasteiger partial charge in [-0.3, -0.25) is 0 Å². The summed E-state index contributed by atoms with van der Waals surface area (Å²) in [5.74, 6) is 0. The molecule has 1 spiro atoms. The van der Waals surface area contributed by atoms with Crippen molar-refractivity contribution in [2.24, 2.45) is 10.5 Å². The second kappa shape index (κ2) is 9.24. The maximum atomic E-state index is 13.5. The third kappa shape index (κ3) is 4.95. The fraction of sp³-hybridized carbons (Fsp3) is 0.458. The Kier molecular flexibility index (Phi) is 6.59. The van der Waals surface area contributed by atoms with Crippen LogP contribution in [0.4, 0.5) is 36.8 Å². The van der Waals surface area contributed by atoms with Gasteiger partial charge in [0, 0.05) is 17.1 Å².